The van der Waals surface area contributed by atoms with Crippen molar-refractivity contribution in [2.45, 2.75) is 57.5 Å². The van der Waals surface area contributed by atoms with Gasteiger partial charge in [-0.25, -0.2) is 9.59 Å². The van der Waals surface area contributed by atoms with Gasteiger partial charge < -0.3 is 26.2 Å². The molecule has 1 aliphatic carbocycles. The molecule has 2 saturated heterocycles. The van der Waals surface area contributed by atoms with E-state index in [0.717, 1.165) is 51.9 Å². The van der Waals surface area contributed by atoms with Crippen molar-refractivity contribution in [2.24, 2.45) is 23.3 Å². The Morgan fingerprint density at radius 2 is 1.68 bits per heavy atom. The van der Waals surface area contributed by atoms with Gasteiger partial charge in [0, 0.05) is 51.5 Å². The maximum atomic E-state index is 12.7. The average molecular weight is 539 g/mol. The molecule has 0 aromatic carbocycles. The topological polar surface area (TPSA) is 143 Å². The summed E-state index contributed by atoms with van der Waals surface area (Å²) in [5, 5.41) is 2.73. The Morgan fingerprint density at radius 1 is 1.03 bits per heavy atom. The fraction of sp³-hybridized carbons (Fsp3) is 0.760. The fourth-order valence-electron chi connectivity index (χ4n) is 5.71. The van der Waals surface area contributed by atoms with E-state index in [2.05, 4.69) is 15.2 Å². The molecule has 37 heavy (non-hydrogen) atoms. The minimum Gasteiger partial charge on any atom is -0.338 e. The van der Waals surface area contributed by atoms with Crippen LogP contribution in [0.1, 0.15) is 52.0 Å². The summed E-state index contributed by atoms with van der Waals surface area (Å²) in [4.78, 5) is 47.7. The van der Waals surface area contributed by atoms with Crippen LogP contribution in [-0.4, -0.2) is 94.1 Å². The van der Waals surface area contributed by atoms with E-state index in [9.17, 15) is 14.4 Å². The summed E-state index contributed by atoms with van der Waals surface area (Å²) in [6, 6.07) is 1.52. The second-order valence-corrected chi connectivity index (χ2v) is 11.3. The van der Waals surface area contributed by atoms with Crippen LogP contribution in [0.5, 0.6) is 0 Å². The van der Waals surface area contributed by atoms with Gasteiger partial charge in [0.25, 0.3) is 0 Å². The molecular weight excluding hydrogens is 496 g/mol. The molecule has 5 N–H and O–H groups in total. The first kappa shape index (κ1) is 29.3. The van der Waals surface area contributed by atoms with Gasteiger partial charge in [0.2, 0.25) is 5.91 Å². The highest BCUT2D eigenvalue weighted by Gasteiger charge is 2.32. The van der Waals surface area contributed by atoms with E-state index < -0.39 is 5.54 Å². The Kier molecular flexibility index (Phi) is 9.96. The fourth-order valence-corrected chi connectivity index (χ4v) is 5.71. The number of carbonyl (C=O) groups is 2. The molecule has 3 fully saturated rings. The molecule has 0 unspecified atom stereocenters. The molecule has 3 heterocycles. The number of anilines is 1. The van der Waals surface area contributed by atoms with Crippen LogP contribution in [0.25, 0.3) is 0 Å². The second-order valence-electron chi connectivity index (χ2n) is 11.3. The van der Waals surface area contributed by atoms with E-state index in [0.29, 0.717) is 38.0 Å². The van der Waals surface area contributed by atoms with Gasteiger partial charge in [-0.05, 0) is 76.9 Å². The molecular formula is C25H43ClN8O3. The zero-order valence-corrected chi connectivity index (χ0v) is 22.9. The number of aromatic nitrogens is 2. The first-order valence-electron chi connectivity index (χ1n) is 13.3. The summed E-state index contributed by atoms with van der Waals surface area (Å²) in [5.74, 6) is 1.44. The van der Waals surface area contributed by atoms with Crippen molar-refractivity contribution in [1.82, 2.24) is 24.3 Å². The van der Waals surface area contributed by atoms with Crippen molar-refractivity contribution in [2.75, 3.05) is 57.7 Å². The van der Waals surface area contributed by atoms with Crippen LogP contribution >= 0.6 is 12.4 Å². The molecule has 0 radical (unpaired) electrons. The number of rotatable bonds is 6. The van der Waals surface area contributed by atoms with E-state index in [-0.39, 0.29) is 41.9 Å². The highest BCUT2D eigenvalue weighted by Crippen LogP contribution is 2.32. The molecule has 0 spiro atoms. The molecule has 12 heteroatoms. The summed E-state index contributed by atoms with van der Waals surface area (Å²) in [5.41, 5.74) is 10.5. The van der Waals surface area contributed by atoms with Gasteiger partial charge in [0.15, 0.2) is 0 Å². The lowest BCUT2D eigenvalue weighted by Crippen LogP contribution is -2.58. The zero-order valence-electron chi connectivity index (χ0n) is 22.1. The largest absolute Gasteiger partial charge is 0.349 e. The number of nitrogens with two attached hydrogens (primary N) is 2. The minimum atomic E-state index is -0.931. The molecule has 208 valence electrons. The number of amides is 3. The summed E-state index contributed by atoms with van der Waals surface area (Å²) in [6.07, 6.45) is 7.11. The van der Waals surface area contributed by atoms with Crippen LogP contribution < -0.4 is 22.5 Å². The number of nitrogens with zero attached hydrogens (tertiary/aromatic N) is 5. The molecule has 11 nitrogen and oxygen atoms in total. The van der Waals surface area contributed by atoms with Gasteiger partial charge in [0.05, 0.1) is 5.54 Å². The molecule has 1 saturated carbocycles. The summed E-state index contributed by atoms with van der Waals surface area (Å²) >= 11 is 0. The average Bonchev–Trinajstić information content (AvgIpc) is 3.31. The first-order chi connectivity index (χ1) is 17.1. The molecule has 2 aliphatic heterocycles. The van der Waals surface area contributed by atoms with E-state index in [1.165, 1.54) is 6.42 Å². The highest BCUT2D eigenvalue weighted by molar-refractivity contribution is 5.89. The van der Waals surface area contributed by atoms with Gasteiger partial charge in [0.1, 0.15) is 5.82 Å². The standard InChI is InChI=1S/C25H42N8O3.ClH/c1-25(2,27)22(34)31-11-13-32(14-12-31)23(35)28-21-8-10-33(24(36)29-21)20-5-3-18(4-6-20)16-30-9-7-19(15-26)17-30;/h8,10,18-20H,3-7,9,11-17,26-27H2,1-2H3,(H,28,29,35,36);1H/t18?,19-,20?;/m1./s1. The molecule has 4 rings (SSSR count). The van der Waals surface area contributed by atoms with Gasteiger partial charge in [-0.15, -0.1) is 12.4 Å². The monoisotopic (exact) mass is 538 g/mol. The maximum absolute atomic E-state index is 12.7. The van der Waals surface area contributed by atoms with E-state index in [1.807, 2.05) is 0 Å². The van der Waals surface area contributed by atoms with Crippen LogP contribution in [0.2, 0.25) is 0 Å². The molecule has 1 atom stereocenters. The van der Waals surface area contributed by atoms with Crippen molar-refractivity contribution in [3.63, 3.8) is 0 Å². The summed E-state index contributed by atoms with van der Waals surface area (Å²) < 4.78 is 1.71. The zero-order chi connectivity index (χ0) is 25.9. The maximum Gasteiger partial charge on any atom is 0.349 e. The van der Waals surface area contributed by atoms with E-state index in [1.54, 1.807) is 40.5 Å². The molecule has 3 aliphatic rings. The van der Waals surface area contributed by atoms with E-state index >= 15 is 0 Å². The number of carbonyl (C=O) groups excluding carboxylic acids is 2. The van der Waals surface area contributed by atoms with Crippen LogP contribution in [0, 0.1) is 11.8 Å². The van der Waals surface area contributed by atoms with Gasteiger partial charge in [-0.1, -0.05) is 0 Å². The Bertz CT molecular complexity index is 981. The third kappa shape index (κ3) is 7.43. The Morgan fingerprint density at radius 3 is 2.24 bits per heavy atom. The number of hydrogen-bond acceptors (Lipinski definition) is 7. The van der Waals surface area contributed by atoms with Gasteiger partial charge in [-0.2, -0.15) is 4.98 Å². The van der Waals surface area contributed by atoms with Crippen molar-refractivity contribution in [3.8, 4) is 0 Å². The molecule has 1 aromatic rings. The summed E-state index contributed by atoms with van der Waals surface area (Å²) in [6.45, 7) is 9.20. The number of likely N-dealkylation sites (tertiary alicyclic amines) is 1. The SMILES string of the molecule is CC(C)(N)C(=O)N1CCN(C(=O)Nc2ccn(C3CCC(CN4CC[C@H](CN)C4)CC3)c(=O)n2)CC1.Cl. The first-order valence-corrected chi connectivity index (χ1v) is 13.3. The number of nitrogens with one attached hydrogen (secondary N) is 1. The summed E-state index contributed by atoms with van der Waals surface area (Å²) in [7, 11) is 0. The molecule has 0 bridgehead atoms. The van der Waals surface area contributed by atoms with Crippen molar-refractivity contribution >= 4 is 30.2 Å². The van der Waals surface area contributed by atoms with Crippen LogP contribution in [0.4, 0.5) is 10.6 Å². The highest BCUT2D eigenvalue weighted by atomic mass is 35.5. The third-order valence-corrected chi connectivity index (χ3v) is 7.90. The number of urea groups is 1. The molecule has 3 amide bonds. The predicted octanol–water partition coefficient (Wildman–Crippen LogP) is 1.09. The minimum absolute atomic E-state index is 0. The lowest BCUT2D eigenvalue weighted by atomic mass is 9.85. The smallest absolute Gasteiger partial charge is 0.338 e. The Hall–Kier alpha value is -2.21. The lowest BCUT2D eigenvalue weighted by molar-refractivity contribution is -0.137. The van der Waals surface area contributed by atoms with Crippen LogP contribution in [-0.2, 0) is 4.79 Å². The van der Waals surface area contributed by atoms with Gasteiger partial charge in [-0.3, -0.25) is 14.7 Å². The number of piperazine rings is 1. The Labute approximate surface area is 225 Å². The third-order valence-electron chi connectivity index (χ3n) is 7.90. The van der Waals surface area contributed by atoms with E-state index in [4.69, 9.17) is 11.5 Å². The normalized spacial score (nSPS) is 25.0. The quantitative estimate of drug-likeness (QED) is 0.492. The van der Waals surface area contributed by atoms with Crippen LogP contribution in [0.15, 0.2) is 17.1 Å². The number of hydrogen-bond donors (Lipinski definition) is 3. The van der Waals surface area contributed by atoms with Crippen LogP contribution in [0.3, 0.4) is 0 Å². The van der Waals surface area contributed by atoms with Gasteiger partial charge >= 0.3 is 11.7 Å². The lowest BCUT2D eigenvalue weighted by Gasteiger charge is -2.37. The predicted molar refractivity (Wildman–Crippen MR) is 146 cm³/mol. The Balaban J connectivity index is 0.00000380. The number of halogens is 1. The van der Waals surface area contributed by atoms with Crippen molar-refractivity contribution in [3.05, 3.63) is 22.7 Å². The molecule has 1 aromatic heterocycles. The van der Waals surface area contributed by atoms with Crippen molar-refractivity contribution in [1.29, 1.82) is 0 Å². The van der Waals surface area contributed by atoms with Crippen molar-refractivity contribution < 1.29 is 9.59 Å². The second kappa shape index (κ2) is 12.6.